The fraction of sp³-hybridized carbons (Fsp3) is 0.174. The number of benzene rings is 3. The molecule has 0 atom stereocenters. The number of anilines is 1. The van der Waals surface area contributed by atoms with Gasteiger partial charge >= 0.3 is 0 Å². The zero-order valence-electron chi connectivity index (χ0n) is 17.1. The first-order valence-corrected chi connectivity index (χ1v) is 11.0. The van der Waals surface area contributed by atoms with Gasteiger partial charge in [-0.15, -0.1) is 0 Å². The summed E-state index contributed by atoms with van der Waals surface area (Å²) in [4.78, 5) is 13.6. The maximum Gasteiger partial charge on any atom is 0.272 e. The van der Waals surface area contributed by atoms with E-state index in [9.17, 15) is 13.2 Å². The molecule has 0 aliphatic carbocycles. The summed E-state index contributed by atoms with van der Waals surface area (Å²) in [7, 11) is -2.68. The predicted octanol–water partition coefficient (Wildman–Crippen LogP) is 5.31. The standard InChI is InChI=1S/C23H22ClNO4S/c1-15-13-16(2)22(17(3)14-15)23(26)25(19-7-9-20(29-4)10-8-19)30(27,28)21-11-5-18(24)6-12-21/h5-14H,1-4H3. The molecule has 0 bridgehead atoms. The highest BCUT2D eigenvalue weighted by Gasteiger charge is 2.33. The topological polar surface area (TPSA) is 63.7 Å². The summed E-state index contributed by atoms with van der Waals surface area (Å²) in [5.41, 5.74) is 2.99. The van der Waals surface area contributed by atoms with Crippen LogP contribution in [0.25, 0.3) is 0 Å². The molecule has 30 heavy (non-hydrogen) atoms. The number of aryl methyl sites for hydroxylation is 3. The van der Waals surface area contributed by atoms with E-state index in [1.165, 1.54) is 31.4 Å². The smallest absolute Gasteiger partial charge is 0.272 e. The van der Waals surface area contributed by atoms with Crippen LogP contribution in [0.5, 0.6) is 5.75 Å². The molecule has 5 nitrogen and oxygen atoms in total. The van der Waals surface area contributed by atoms with Crippen LogP contribution >= 0.6 is 11.6 Å². The molecule has 7 heteroatoms. The Morgan fingerprint density at radius 3 is 1.93 bits per heavy atom. The second-order valence-electron chi connectivity index (χ2n) is 7.00. The molecule has 3 aromatic carbocycles. The molecule has 3 rings (SSSR count). The second kappa shape index (κ2) is 8.50. The fourth-order valence-corrected chi connectivity index (χ4v) is 4.94. The van der Waals surface area contributed by atoms with Crippen LogP contribution < -0.4 is 9.04 Å². The van der Waals surface area contributed by atoms with Crippen molar-refractivity contribution in [2.75, 3.05) is 11.4 Å². The van der Waals surface area contributed by atoms with Gasteiger partial charge in [-0.1, -0.05) is 29.3 Å². The lowest BCUT2D eigenvalue weighted by atomic mass is 9.99. The summed E-state index contributed by atoms with van der Waals surface area (Å²) in [6.07, 6.45) is 0. The van der Waals surface area contributed by atoms with Crippen molar-refractivity contribution in [3.8, 4) is 5.75 Å². The normalized spacial score (nSPS) is 11.2. The molecule has 0 N–H and O–H groups in total. The van der Waals surface area contributed by atoms with E-state index < -0.39 is 15.9 Å². The second-order valence-corrected chi connectivity index (χ2v) is 9.22. The van der Waals surface area contributed by atoms with E-state index in [1.54, 1.807) is 38.1 Å². The zero-order chi connectivity index (χ0) is 22.1. The lowest BCUT2D eigenvalue weighted by molar-refractivity contribution is 0.100. The summed E-state index contributed by atoms with van der Waals surface area (Å²) in [5.74, 6) is -0.0668. The molecule has 0 unspecified atom stereocenters. The first kappa shape index (κ1) is 21.9. The van der Waals surface area contributed by atoms with Crippen LogP contribution in [-0.2, 0) is 10.0 Å². The number of nitrogens with zero attached hydrogens (tertiary/aromatic N) is 1. The van der Waals surface area contributed by atoms with Crippen molar-refractivity contribution in [3.63, 3.8) is 0 Å². The molecule has 0 radical (unpaired) electrons. The van der Waals surface area contributed by atoms with E-state index in [4.69, 9.17) is 16.3 Å². The van der Waals surface area contributed by atoms with Crippen LogP contribution in [0.2, 0.25) is 5.02 Å². The lowest BCUT2D eigenvalue weighted by Crippen LogP contribution is -2.37. The van der Waals surface area contributed by atoms with E-state index in [0.29, 0.717) is 27.5 Å². The monoisotopic (exact) mass is 443 g/mol. The molecule has 0 spiro atoms. The maximum atomic E-state index is 13.6. The van der Waals surface area contributed by atoms with Gasteiger partial charge in [0.05, 0.1) is 17.7 Å². The predicted molar refractivity (Wildman–Crippen MR) is 119 cm³/mol. The van der Waals surface area contributed by atoms with Gasteiger partial charge in [-0.05, 0) is 80.4 Å². The van der Waals surface area contributed by atoms with Crippen LogP contribution in [-0.4, -0.2) is 21.4 Å². The van der Waals surface area contributed by atoms with E-state index in [-0.39, 0.29) is 10.6 Å². The van der Waals surface area contributed by atoms with Gasteiger partial charge in [0.25, 0.3) is 15.9 Å². The van der Waals surface area contributed by atoms with Gasteiger partial charge < -0.3 is 4.74 Å². The Labute approximate surface area is 181 Å². The highest BCUT2D eigenvalue weighted by molar-refractivity contribution is 7.93. The minimum atomic E-state index is -4.20. The summed E-state index contributed by atoms with van der Waals surface area (Å²) >= 11 is 5.92. The Morgan fingerprint density at radius 2 is 1.43 bits per heavy atom. The number of hydrogen-bond donors (Lipinski definition) is 0. The highest BCUT2D eigenvalue weighted by Crippen LogP contribution is 2.30. The van der Waals surface area contributed by atoms with E-state index in [2.05, 4.69) is 0 Å². The summed E-state index contributed by atoms with van der Waals surface area (Å²) in [5, 5.41) is 0.404. The van der Waals surface area contributed by atoms with E-state index >= 15 is 0 Å². The molecule has 156 valence electrons. The van der Waals surface area contributed by atoms with Crippen LogP contribution in [0.3, 0.4) is 0 Å². The average Bonchev–Trinajstić information content (AvgIpc) is 2.68. The number of amides is 1. The van der Waals surface area contributed by atoms with Gasteiger partial charge in [-0.25, -0.2) is 8.42 Å². The number of halogens is 1. The van der Waals surface area contributed by atoms with Crippen molar-refractivity contribution in [2.24, 2.45) is 0 Å². The van der Waals surface area contributed by atoms with Gasteiger partial charge in [0.15, 0.2) is 0 Å². The van der Waals surface area contributed by atoms with Gasteiger partial charge in [0, 0.05) is 10.6 Å². The summed E-state index contributed by atoms with van der Waals surface area (Å²) in [6, 6.07) is 15.8. The van der Waals surface area contributed by atoms with E-state index in [0.717, 1.165) is 9.87 Å². The van der Waals surface area contributed by atoms with Crippen molar-refractivity contribution in [2.45, 2.75) is 25.7 Å². The fourth-order valence-electron chi connectivity index (χ4n) is 3.41. The molecule has 0 aliphatic heterocycles. The van der Waals surface area contributed by atoms with Crippen molar-refractivity contribution >= 4 is 33.2 Å². The molecular weight excluding hydrogens is 422 g/mol. The van der Waals surface area contributed by atoms with Crippen LogP contribution in [0.4, 0.5) is 5.69 Å². The van der Waals surface area contributed by atoms with E-state index in [1.807, 2.05) is 19.1 Å². The van der Waals surface area contributed by atoms with Crippen molar-refractivity contribution < 1.29 is 17.9 Å². The zero-order valence-corrected chi connectivity index (χ0v) is 18.7. The third-order valence-corrected chi connectivity index (χ3v) is 6.71. The first-order chi connectivity index (χ1) is 14.1. The number of hydrogen-bond acceptors (Lipinski definition) is 4. The Kier molecular flexibility index (Phi) is 6.19. The number of carbonyl (C=O) groups excluding carboxylic acids is 1. The first-order valence-electron chi connectivity index (χ1n) is 9.22. The molecule has 0 heterocycles. The Bertz CT molecular complexity index is 1160. The molecule has 1 amide bonds. The van der Waals surface area contributed by atoms with Gasteiger partial charge in [0.1, 0.15) is 5.75 Å². The van der Waals surface area contributed by atoms with Crippen LogP contribution in [0, 0.1) is 20.8 Å². The number of rotatable bonds is 5. The van der Waals surface area contributed by atoms with Crippen molar-refractivity contribution in [3.05, 3.63) is 87.9 Å². The number of ether oxygens (including phenoxy) is 1. The highest BCUT2D eigenvalue weighted by atomic mass is 35.5. The third kappa shape index (κ3) is 4.20. The van der Waals surface area contributed by atoms with Crippen LogP contribution in [0.15, 0.2) is 65.6 Å². The van der Waals surface area contributed by atoms with Gasteiger partial charge in [0.2, 0.25) is 0 Å². The molecule has 0 fully saturated rings. The largest absolute Gasteiger partial charge is 0.497 e. The lowest BCUT2D eigenvalue weighted by Gasteiger charge is -2.24. The van der Waals surface area contributed by atoms with Gasteiger partial charge in [-0.3, -0.25) is 4.79 Å². The van der Waals surface area contributed by atoms with Crippen molar-refractivity contribution in [1.29, 1.82) is 0 Å². The average molecular weight is 444 g/mol. The van der Waals surface area contributed by atoms with Crippen LogP contribution in [0.1, 0.15) is 27.0 Å². The maximum absolute atomic E-state index is 13.6. The minimum Gasteiger partial charge on any atom is -0.497 e. The number of carbonyl (C=O) groups is 1. The van der Waals surface area contributed by atoms with Crippen molar-refractivity contribution in [1.82, 2.24) is 0 Å². The SMILES string of the molecule is COc1ccc(N(C(=O)c2c(C)cc(C)cc2C)S(=O)(=O)c2ccc(Cl)cc2)cc1. The minimum absolute atomic E-state index is 0.0292. The number of methoxy groups -OCH3 is 1. The number of sulfonamides is 1. The molecular formula is C23H22ClNO4S. The Morgan fingerprint density at radius 1 is 0.900 bits per heavy atom. The Hall–Kier alpha value is -2.83. The molecule has 0 saturated carbocycles. The molecule has 0 aliphatic rings. The third-order valence-electron chi connectivity index (χ3n) is 4.73. The Balaban J connectivity index is 2.22. The quantitative estimate of drug-likeness (QED) is 0.536. The van der Waals surface area contributed by atoms with Gasteiger partial charge in [-0.2, -0.15) is 4.31 Å². The molecule has 0 aromatic heterocycles. The summed E-state index contributed by atoms with van der Waals surface area (Å²) in [6.45, 7) is 5.53. The summed E-state index contributed by atoms with van der Waals surface area (Å²) < 4.78 is 33.1. The molecule has 0 saturated heterocycles. The molecule has 3 aromatic rings.